The van der Waals surface area contributed by atoms with E-state index >= 15 is 0 Å². The van der Waals surface area contributed by atoms with Crippen molar-refractivity contribution >= 4 is 34.4 Å². The standard InChI is InChI=1S/C30H26N4O2S/c1-36-25-12-8-22(9-13-25)20-37-30-32-26-14-16-31-18-28(26)34(30)19-21-6-10-24(11-7-21)29(35)33-17-15-23-4-2-3-5-27(23)33/h2-14,16,18H,15,17,19-20H2,1H3. The Kier molecular flexibility index (Phi) is 6.37. The number of fused-ring (bicyclic) bond motifs is 2. The highest BCUT2D eigenvalue weighted by Crippen LogP contribution is 2.30. The minimum Gasteiger partial charge on any atom is -0.497 e. The Morgan fingerprint density at radius 2 is 1.76 bits per heavy atom. The maximum Gasteiger partial charge on any atom is 0.258 e. The second kappa shape index (κ2) is 10.1. The lowest BCUT2D eigenvalue weighted by Gasteiger charge is -2.17. The molecule has 0 aliphatic carbocycles. The Balaban J connectivity index is 1.22. The lowest BCUT2D eigenvalue weighted by molar-refractivity contribution is 0.0989. The molecule has 0 saturated heterocycles. The Morgan fingerprint density at radius 3 is 2.57 bits per heavy atom. The number of carbonyl (C=O) groups is 1. The van der Waals surface area contributed by atoms with E-state index in [4.69, 9.17) is 9.72 Å². The molecule has 6 nitrogen and oxygen atoms in total. The fourth-order valence-electron chi connectivity index (χ4n) is 4.72. The summed E-state index contributed by atoms with van der Waals surface area (Å²) >= 11 is 1.70. The molecule has 0 saturated carbocycles. The Morgan fingerprint density at radius 1 is 0.973 bits per heavy atom. The lowest BCUT2D eigenvalue weighted by atomic mass is 10.1. The van der Waals surface area contributed by atoms with Gasteiger partial charge in [-0.25, -0.2) is 4.98 Å². The van der Waals surface area contributed by atoms with E-state index in [0.29, 0.717) is 12.1 Å². The third-order valence-electron chi connectivity index (χ3n) is 6.72. The van der Waals surface area contributed by atoms with Gasteiger partial charge in [0.1, 0.15) is 5.75 Å². The number of nitrogens with zero attached hydrogens (tertiary/aromatic N) is 4. The molecular weight excluding hydrogens is 480 g/mol. The van der Waals surface area contributed by atoms with Gasteiger partial charge < -0.3 is 14.2 Å². The first-order chi connectivity index (χ1) is 18.2. The smallest absolute Gasteiger partial charge is 0.258 e. The van der Waals surface area contributed by atoms with Crippen LogP contribution in [-0.4, -0.2) is 34.1 Å². The van der Waals surface area contributed by atoms with Gasteiger partial charge in [-0.15, -0.1) is 0 Å². The van der Waals surface area contributed by atoms with E-state index in [9.17, 15) is 4.79 Å². The molecule has 0 radical (unpaired) electrons. The zero-order chi connectivity index (χ0) is 25.2. The van der Waals surface area contributed by atoms with Gasteiger partial charge in [-0.1, -0.05) is 54.2 Å². The minimum atomic E-state index is 0.0458. The normalized spacial score (nSPS) is 12.6. The molecule has 1 aliphatic rings. The number of pyridine rings is 1. The Hall–Kier alpha value is -4.10. The van der Waals surface area contributed by atoms with Crippen molar-refractivity contribution in [3.63, 3.8) is 0 Å². The molecule has 0 N–H and O–H groups in total. The lowest BCUT2D eigenvalue weighted by Crippen LogP contribution is -2.28. The first-order valence-electron chi connectivity index (χ1n) is 12.2. The summed E-state index contributed by atoms with van der Waals surface area (Å²) in [5.74, 6) is 1.69. The third kappa shape index (κ3) is 4.70. The van der Waals surface area contributed by atoms with Crippen molar-refractivity contribution in [1.29, 1.82) is 0 Å². The summed E-state index contributed by atoms with van der Waals surface area (Å²) in [5.41, 5.74) is 7.17. The molecular formula is C30H26N4O2S. The maximum atomic E-state index is 13.2. The van der Waals surface area contributed by atoms with E-state index in [1.807, 2.05) is 71.8 Å². The molecule has 0 bridgehead atoms. The van der Waals surface area contributed by atoms with Crippen LogP contribution in [0.4, 0.5) is 5.69 Å². The number of benzene rings is 3. The first-order valence-corrected chi connectivity index (χ1v) is 13.2. The summed E-state index contributed by atoms with van der Waals surface area (Å²) in [6.07, 6.45) is 4.54. The molecule has 1 amide bonds. The van der Waals surface area contributed by atoms with E-state index in [-0.39, 0.29) is 5.91 Å². The van der Waals surface area contributed by atoms with Gasteiger partial charge in [-0.3, -0.25) is 9.78 Å². The summed E-state index contributed by atoms with van der Waals surface area (Å²) in [6.45, 7) is 1.37. The third-order valence-corrected chi connectivity index (χ3v) is 7.76. The number of methoxy groups -OCH3 is 1. The van der Waals surface area contributed by atoms with Gasteiger partial charge >= 0.3 is 0 Å². The van der Waals surface area contributed by atoms with Crippen molar-refractivity contribution in [2.75, 3.05) is 18.6 Å². The number of hydrogen-bond acceptors (Lipinski definition) is 5. The molecule has 6 rings (SSSR count). The van der Waals surface area contributed by atoms with Gasteiger partial charge in [0.15, 0.2) is 5.16 Å². The molecule has 184 valence electrons. The highest BCUT2D eigenvalue weighted by Gasteiger charge is 2.25. The van der Waals surface area contributed by atoms with Crippen LogP contribution < -0.4 is 9.64 Å². The predicted octanol–water partition coefficient (Wildman–Crippen LogP) is 5.98. The van der Waals surface area contributed by atoms with Crippen LogP contribution in [0.1, 0.15) is 27.0 Å². The number of para-hydroxylation sites is 1. The van der Waals surface area contributed by atoms with Crippen LogP contribution in [0.25, 0.3) is 11.0 Å². The zero-order valence-electron chi connectivity index (χ0n) is 20.5. The number of thioether (sulfide) groups is 1. The van der Waals surface area contributed by atoms with E-state index in [0.717, 1.165) is 51.9 Å². The fraction of sp³-hybridized carbons (Fsp3) is 0.167. The number of rotatable bonds is 7. The molecule has 7 heteroatoms. The topological polar surface area (TPSA) is 60.3 Å². The number of ether oxygens (including phenoxy) is 1. The molecule has 0 unspecified atom stereocenters. The van der Waals surface area contributed by atoms with Crippen LogP contribution in [0.2, 0.25) is 0 Å². The van der Waals surface area contributed by atoms with Crippen molar-refractivity contribution in [2.45, 2.75) is 23.9 Å². The monoisotopic (exact) mass is 506 g/mol. The van der Waals surface area contributed by atoms with Gasteiger partial charge in [0.05, 0.1) is 30.9 Å². The summed E-state index contributed by atoms with van der Waals surface area (Å²) in [6, 6.07) is 26.1. The zero-order valence-corrected chi connectivity index (χ0v) is 21.3. The number of hydrogen-bond donors (Lipinski definition) is 0. The molecule has 5 aromatic rings. The van der Waals surface area contributed by atoms with Gasteiger partial charge in [0.2, 0.25) is 0 Å². The van der Waals surface area contributed by atoms with Crippen LogP contribution in [0, 0.1) is 0 Å². The summed E-state index contributed by atoms with van der Waals surface area (Å²) in [4.78, 5) is 24.3. The maximum absolute atomic E-state index is 13.2. The van der Waals surface area contributed by atoms with Crippen molar-refractivity contribution in [3.05, 3.63) is 114 Å². The molecule has 3 aromatic carbocycles. The van der Waals surface area contributed by atoms with Gasteiger partial charge in [0, 0.05) is 29.7 Å². The van der Waals surface area contributed by atoms with E-state index in [1.54, 1.807) is 25.1 Å². The van der Waals surface area contributed by atoms with Crippen molar-refractivity contribution < 1.29 is 9.53 Å². The van der Waals surface area contributed by atoms with Crippen LogP contribution in [0.3, 0.4) is 0 Å². The molecule has 3 heterocycles. The number of carbonyl (C=O) groups excluding carboxylic acids is 1. The highest BCUT2D eigenvalue weighted by molar-refractivity contribution is 7.98. The average molecular weight is 507 g/mol. The molecule has 0 fully saturated rings. The first kappa shape index (κ1) is 23.3. The predicted molar refractivity (Wildman–Crippen MR) is 147 cm³/mol. The Bertz CT molecular complexity index is 1560. The average Bonchev–Trinajstić information content (AvgIpc) is 3.54. The van der Waals surface area contributed by atoms with Crippen LogP contribution in [-0.2, 0) is 18.7 Å². The van der Waals surface area contributed by atoms with Crippen molar-refractivity contribution in [2.24, 2.45) is 0 Å². The molecule has 0 spiro atoms. The molecule has 1 aliphatic heterocycles. The fourth-order valence-corrected chi connectivity index (χ4v) is 5.69. The summed E-state index contributed by atoms with van der Waals surface area (Å²) in [7, 11) is 1.67. The number of imidazole rings is 1. The second-order valence-corrected chi connectivity index (χ2v) is 9.96. The molecule has 0 atom stereocenters. The van der Waals surface area contributed by atoms with Crippen molar-refractivity contribution in [1.82, 2.24) is 14.5 Å². The Labute approximate surface area is 219 Å². The molecule has 37 heavy (non-hydrogen) atoms. The number of amides is 1. The van der Waals surface area contributed by atoms with Crippen LogP contribution in [0.5, 0.6) is 5.75 Å². The number of anilines is 1. The summed E-state index contributed by atoms with van der Waals surface area (Å²) < 4.78 is 7.47. The van der Waals surface area contributed by atoms with E-state index in [1.165, 1.54) is 11.1 Å². The SMILES string of the molecule is COc1ccc(CSc2nc3ccncc3n2Cc2ccc(C(=O)N3CCc4ccccc43)cc2)cc1. The molecule has 2 aromatic heterocycles. The minimum absolute atomic E-state index is 0.0458. The van der Waals surface area contributed by atoms with Crippen LogP contribution >= 0.6 is 11.8 Å². The second-order valence-electron chi connectivity index (χ2n) is 9.01. The van der Waals surface area contributed by atoms with Crippen molar-refractivity contribution in [3.8, 4) is 5.75 Å². The highest BCUT2D eigenvalue weighted by atomic mass is 32.2. The number of aromatic nitrogens is 3. The summed E-state index contributed by atoms with van der Waals surface area (Å²) in [5, 5.41) is 0.938. The van der Waals surface area contributed by atoms with E-state index in [2.05, 4.69) is 27.8 Å². The van der Waals surface area contributed by atoms with Gasteiger partial charge in [0.25, 0.3) is 5.91 Å². The van der Waals surface area contributed by atoms with Gasteiger partial charge in [-0.05, 0) is 59.5 Å². The largest absolute Gasteiger partial charge is 0.497 e. The quantitative estimate of drug-likeness (QED) is 0.254. The van der Waals surface area contributed by atoms with Crippen LogP contribution in [0.15, 0.2) is 96.4 Å². The van der Waals surface area contributed by atoms with E-state index < -0.39 is 0 Å². The van der Waals surface area contributed by atoms with Gasteiger partial charge in [-0.2, -0.15) is 0 Å².